The molecule has 9 heteroatoms. The minimum absolute atomic E-state index is 0.0765. The average molecular weight is 367 g/mol. The minimum atomic E-state index is -4.06. The van der Waals surface area contributed by atoms with Gasteiger partial charge in [0.25, 0.3) is 15.9 Å². The van der Waals surface area contributed by atoms with Gasteiger partial charge in [-0.25, -0.2) is 13.2 Å². The maximum Gasteiger partial charge on any atom is 0.334 e. The van der Waals surface area contributed by atoms with Crippen LogP contribution in [-0.4, -0.2) is 45.0 Å². The van der Waals surface area contributed by atoms with Gasteiger partial charge in [-0.05, 0) is 17.5 Å². The maximum atomic E-state index is 12.8. The van der Waals surface area contributed by atoms with Gasteiger partial charge >= 0.3 is 5.97 Å². The van der Waals surface area contributed by atoms with Crippen LogP contribution in [0.25, 0.3) is 0 Å². The Morgan fingerprint density at radius 3 is 2.56 bits per heavy atom. The van der Waals surface area contributed by atoms with E-state index < -0.39 is 28.6 Å². The number of rotatable bonds is 5. The number of hydrogen-bond acceptors (Lipinski definition) is 7. The molecule has 2 heterocycles. The molecular weight excluding hydrogens is 350 g/mol. The molecule has 1 aromatic rings. The lowest BCUT2D eigenvalue weighted by molar-refractivity contribution is -0.135. The van der Waals surface area contributed by atoms with Crippen LogP contribution >= 0.6 is 0 Å². The first-order chi connectivity index (χ1) is 11.8. The highest BCUT2D eigenvalue weighted by Gasteiger charge is 2.44. The summed E-state index contributed by atoms with van der Waals surface area (Å²) < 4.78 is 41.3. The molecule has 0 N–H and O–H groups in total. The van der Waals surface area contributed by atoms with Crippen molar-refractivity contribution in [2.75, 3.05) is 20.4 Å². The number of hydrogen-bond donors (Lipinski definition) is 0. The quantitative estimate of drug-likeness (QED) is 0.725. The van der Waals surface area contributed by atoms with Crippen LogP contribution in [0.4, 0.5) is 0 Å². The van der Waals surface area contributed by atoms with E-state index in [9.17, 15) is 18.0 Å². The average Bonchev–Trinajstić information content (AvgIpc) is 3.05. The molecule has 3 rings (SSSR count). The van der Waals surface area contributed by atoms with E-state index in [4.69, 9.17) is 9.47 Å². The molecule has 0 saturated carbocycles. The molecule has 1 aromatic carbocycles. The predicted octanol–water partition coefficient (Wildman–Crippen LogP) is 1.38. The highest BCUT2D eigenvalue weighted by atomic mass is 32.2. The van der Waals surface area contributed by atoms with Gasteiger partial charge in [0.15, 0.2) is 6.73 Å². The van der Waals surface area contributed by atoms with Gasteiger partial charge in [0, 0.05) is 6.07 Å². The molecule has 0 fully saturated rings. The molecule has 0 aromatic heterocycles. The molecular formula is C16H17NO7S. The van der Waals surface area contributed by atoms with Crippen LogP contribution in [0.3, 0.4) is 0 Å². The molecule has 8 nitrogen and oxygen atoms in total. The van der Waals surface area contributed by atoms with Gasteiger partial charge in [-0.1, -0.05) is 13.8 Å². The van der Waals surface area contributed by atoms with E-state index in [1.165, 1.54) is 13.2 Å². The predicted molar refractivity (Wildman–Crippen MR) is 85.4 cm³/mol. The number of carbonyl (C=O) groups excluding carboxylic acids is 2. The van der Waals surface area contributed by atoms with Crippen molar-refractivity contribution in [3.8, 4) is 5.75 Å². The van der Waals surface area contributed by atoms with Crippen LogP contribution < -0.4 is 4.74 Å². The second kappa shape index (κ2) is 6.07. The lowest BCUT2D eigenvalue weighted by atomic mass is 9.96. The van der Waals surface area contributed by atoms with Crippen molar-refractivity contribution >= 4 is 21.9 Å². The van der Waals surface area contributed by atoms with E-state index in [0.29, 0.717) is 15.6 Å². The number of ether oxygens (including phenoxy) is 3. The van der Waals surface area contributed by atoms with Crippen molar-refractivity contribution in [3.63, 3.8) is 0 Å². The monoisotopic (exact) mass is 367 g/mol. The molecule has 0 saturated heterocycles. The van der Waals surface area contributed by atoms with E-state index >= 15 is 0 Å². The summed E-state index contributed by atoms with van der Waals surface area (Å²) in [6.45, 7) is 3.11. The number of fused-ring (bicyclic) bond motifs is 1. The molecule has 2 aliphatic rings. The standard InChI is InChI=1S/C16H17NO7S/c1-9(2)12-4-10(22-3)5-13-15(12)16(19)17(25(13,20)21)8-24-11-6-14(18)23-7-11/h4-6,9H,7-8H2,1-3H3. The summed E-state index contributed by atoms with van der Waals surface area (Å²) in [4.78, 5) is 23.6. The van der Waals surface area contributed by atoms with Gasteiger partial charge in [-0.15, -0.1) is 0 Å². The Morgan fingerprint density at radius 2 is 2.00 bits per heavy atom. The molecule has 0 aliphatic carbocycles. The molecule has 0 atom stereocenters. The lowest BCUT2D eigenvalue weighted by Crippen LogP contribution is -2.32. The van der Waals surface area contributed by atoms with E-state index in [1.54, 1.807) is 6.07 Å². The van der Waals surface area contributed by atoms with Crippen molar-refractivity contribution in [2.45, 2.75) is 24.7 Å². The van der Waals surface area contributed by atoms with Gasteiger partial charge < -0.3 is 14.2 Å². The molecule has 25 heavy (non-hydrogen) atoms. The molecule has 2 aliphatic heterocycles. The summed E-state index contributed by atoms with van der Waals surface area (Å²) in [6, 6.07) is 2.99. The van der Waals surface area contributed by atoms with Crippen molar-refractivity contribution in [1.82, 2.24) is 4.31 Å². The fraction of sp³-hybridized carbons (Fsp3) is 0.375. The van der Waals surface area contributed by atoms with Gasteiger partial charge in [0.1, 0.15) is 23.0 Å². The Morgan fingerprint density at radius 1 is 1.28 bits per heavy atom. The van der Waals surface area contributed by atoms with Crippen LogP contribution in [0, 0.1) is 0 Å². The number of cyclic esters (lactones) is 1. The zero-order valence-electron chi connectivity index (χ0n) is 13.9. The smallest absolute Gasteiger partial charge is 0.334 e. The van der Waals surface area contributed by atoms with Crippen molar-refractivity contribution in [1.29, 1.82) is 0 Å². The third kappa shape index (κ3) is 2.84. The number of nitrogens with zero attached hydrogens (tertiary/aromatic N) is 1. The summed E-state index contributed by atoms with van der Waals surface area (Å²) in [5.74, 6) is -0.773. The summed E-state index contributed by atoms with van der Waals surface area (Å²) in [5, 5.41) is 0. The Bertz CT molecular complexity index is 886. The molecule has 0 radical (unpaired) electrons. The second-order valence-electron chi connectivity index (χ2n) is 5.89. The van der Waals surface area contributed by atoms with E-state index in [0.717, 1.165) is 6.08 Å². The number of methoxy groups -OCH3 is 1. The second-order valence-corrected chi connectivity index (χ2v) is 7.73. The lowest BCUT2D eigenvalue weighted by Gasteiger charge is -2.16. The fourth-order valence-corrected chi connectivity index (χ4v) is 4.15. The van der Waals surface area contributed by atoms with Crippen LogP contribution in [-0.2, 0) is 24.3 Å². The SMILES string of the molecule is COc1cc(C(C)C)c2c(c1)S(=O)(=O)N(COC1=CC(=O)OC1)C2=O. The fourth-order valence-electron chi connectivity index (χ4n) is 2.68. The Kier molecular flexibility index (Phi) is 4.19. The van der Waals surface area contributed by atoms with E-state index in [-0.39, 0.29) is 28.7 Å². The number of amides is 1. The Hall–Kier alpha value is -2.55. The minimum Gasteiger partial charge on any atom is -0.497 e. The molecule has 0 unspecified atom stereocenters. The van der Waals surface area contributed by atoms with Gasteiger partial charge in [0.05, 0.1) is 18.7 Å². The Balaban J connectivity index is 1.98. The Labute approximate surface area is 145 Å². The van der Waals surface area contributed by atoms with E-state index in [2.05, 4.69) is 4.74 Å². The normalized spacial score (nSPS) is 18.2. The van der Waals surface area contributed by atoms with Crippen LogP contribution in [0.5, 0.6) is 5.75 Å². The number of benzene rings is 1. The maximum absolute atomic E-state index is 12.8. The first kappa shape index (κ1) is 17.3. The van der Waals surface area contributed by atoms with E-state index in [1.807, 2.05) is 13.8 Å². The summed E-state index contributed by atoms with van der Waals surface area (Å²) >= 11 is 0. The molecule has 0 bridgehead atoms. The number of sulfonamides is 1. The first-order valence-corrected chi connectivity index (χ1v) is 8.99. The van der Waals surface area contributed by atoms with Gasteiger partial charge in [-0.3, -0.25) is 4.79 Å². The van der Waals surface area contributed by atoms with Crippen molar-refractivity contribution < 1.29 is 32.2 Å². The van der Waals surface area contributed by atoms with Gasteiger partial charge in [-0.2, -0.15) is 4.31 Å². The highest BCUT2D eigenvalue weighted by Crippen LogP contribution is 2.38. The molecule has 134 valence electrons. The summed E-state index contributed by atoms with van der Waals surface area (Å²) in [5.41, 5.74) is 0.719. The topological polar surface area (TPSA) is 99.2 Å². The van der Waals surface area contributed by atoms with Gasteiger partial charge in [0.2, 0.25) is 0 Å². The zero-order valence-corrected chi connectivity index (χ0v) is 14.8. The highest BCUT2D eigenvalue weighted by molar-refractivity contribution is 7.90. The first-order valence-electron chi connectivity index (χ1n) is 7.55. The molecule has 0 spiro atoms. The number of carbonyl (C=O) groups is 2. The van der Waals surface area contributed by atoms with Crippen molar-refractivity contribution in [3.05, 3.63) is 35.1 Å². The largest absolute Gasteiger partial charge is 0.497 e. The van der Waals surface area contributed by atoms with Crippen molar-refractivity contribution in [2.24, 2.45) is 0 Å². The summed E-state index contributed by atoms with van der Waals surface area (Å²) in [6.07, 6.45) is 1.11. The van der Waals surface area contributed by atoms with Crippen LogP contribution in [0.1, 0.15) is 35.7 Å². The van der Waals surface area contributed by atoms with Crippen LogP contribution in [0.2, 0.25) is 0 Å². The van der Waals surface area contributed by atoms with Crippen LogP contribution in [0.15, 0.2) is 28.9 Å². The summed E-state index contributed by atoms with van der Waals surface area (Å²) in [7, 11) is -2.63. The third-order valence-corrected chi connectivity index (χ3v) is 5.70. The third-order valence-electron chi connectivity index (χ3n) is 3.98. The zero-order chi connectivity index (χ0) is 18.4. The molecule has 1 amide bonds. The number of esters is 1.